The third kappa shape index (κ3) is 3.60. The highest BCUT2D eigenvalue weighted by Gasteiger charge is 2.18. The van der Waals surface area contributed by atoms with E-state index in [0.29, 0.717) is 40.5 Å². The largest absolute Gasteiger partial charge is 0.450 e. The van der Waals surface area contributed by atoms with Crippen LogP contribution in [0, 0.1) is 17.6 Å². The second-order valence-corrected chi connectivity index (χ2v) is 7.02. The van der Waals surface area contributed by atoms with Crippen LogP contribution in [0.2, 0.25) is 5.02 Å². The van der Waals surface area contributed by atoms with Gasteiger partial charge in [-0.3, -0.25) is 4.99 Å². The van der Waals surface area contributed by atoms with Gasteiger partial charge in [0.2, 0.25) is 0 Å². The molecule has 4 rings (SSSR count). The van der Waals surface area contributed by atoms with Crippen molar-refractivity contribution in [1.82, 2.24) is 15.3 Å². The molecule has 2 aromatic heterocycles. The zero-order valence-electron chi connectivity index (χ0n) is 14.5. The van der Waals surface area contributed by atoms with Crippen molar-refractivity contribution in [1.29, 1.82) is 0 Å². The summed E-state index contributed by atoms with van der Waals surface area (Å²) in [5, 5.41) is 4.01. The van der Waals surface area contributed by atoms with Crippen molar-refractivity contribution in [3.8, 4) is 11.5 Å². The van der Waals surface area contributed by atoms with E-state index in [-0.39, 0.29) is 5.75 Å². The van der Waals surface area contributed by atoms with Crippen LogP contribution in [0.15, 0.2) is 35.6 Å². The molecule has 0 radical (unpaired) electrons. The van der Waals surface area contributed by atoms with E-state index < -0.39 is 17.4 Å². The van der Waals surface area contributed by atoms with Crippen LogP contribution in [0.4, 0.5) is 8.78 Å². The molecule has 0 saturated heterocycles. The Bertz CT molecular complexity index is 1010. The van der Waals surface area contributed by atoms with Gasteiger partial charge in [-0.2, -0.15) is 0 Å². The van der Waals surface area contributed by atoms with Crippen LogP contribution < -0.4 is 10.1 Å². The predicted molar refractivity (Wildman–Crippen MR) is 101 cm³/mol. The van der Waals surface area contributed by atoms with E-state index in [4.69, 9.17) is 16.3 Å². The summed E-state index contributed by atoms with van der Waals surface area (Å²) in [5.74, 6) is -0.636. The summed E-state index contributed by atoms with van der Waals surface area (Å²) < 4.78 is 34.6. The first-order valence-corrected chi connectivity index (χ1v) is 8.93. The van der Waals surface area contributed by atoms with Gasteiger partial charge in [0.25, 0.3) is 0 Å². The van der Waals surface area contributed by atoms with Gasteiger partial charge in [-0.15, -0.1) is 0 Å². The number of nitrogens with zero attached hydrogens (tertiary/aromatic N) is 2. The number of ether oxygens (including phenoxy) is 1. The Kier molecular flexibility index (Phi) is 4.70. The molecule has 1 atom stereocenters. The monoisotopic (exact) mass is 390 g/mol. The average molecular weight is 391 g/mol. The summed E-state index contributed by atoms with van der Waals surface area (Å²) in [6, 6.07) is 4.03. The first kappa shape index (κ1) is 17.7. The molecule has 140 valence electrons. The van der Waals surface area contributed by atoms with Crippen molar-refractivity contribution in [2.24, 2.45) is 10.9 Å². The summed E-state index contributed by atoms with van der Waals surface area (Å²) in [5.41, 5.74) is 0.961. The number of aromatic amines is 1. The first-order chi connectivity index (χ1) is 13.0. The summed E-state index contributed by atoms with van der Waals surface area (Å²) in [4.78, 5) is 11.4. The minimum absolute atomic E-state index is 0.226. The zero-order chi connectivity index (χ0) is 19.0. The van der Waals surface area contributed by atoms with Gasteiger partial charge in [-0.05, 0) is 29.7 Å². The van der Waals surface area contributed by atoms with E-state index in [1.807, 2.05) is 0 Å². The van der Waals surface area contributed by atoms with Crippen LogP contribution in [-0.4, -0.2) is 28.9 Å². The molecule has 1 unspecified atom stereocenters. The van der Waals surface area contributed by atoms with Crippen molar-refractivity contribution in [3.63, 3.8) is 0 Å². The standard InChI is InChI=1S/C19H17ClF2N4O/c1-10-7-24-16(25-8-10)6-11-4-13(21)18(14(22)5-11)27-15-2-3-23-19-17(15)12(20)9-26-19/h2-5,9-10H,6-8H2,1H3,(H,23,26)(H,24,25). The number of nitrogens with one attached hydrogen (secondary N) is 2. The van der Waals surface area contributed by atoms with Gasteiger partial charge in [-0.1, -0.05) is 18.5 Å². The maximum absolute atomic E-state index is 14.6. The molecule has 0 spiro atoms. The SMILES string of the molecule is CC1CN=C(Cc2cc(F)c(Oc3ccnc4[nH]cc(Cl)c34)c(F)c2)NC1. The Morgan fingerprint density at radius 3 is 2.78 bits per heavy atom. The molecule has 0 bridgehead atoms. The van der Waals surface area contributed by atoms with E-state index in [1.54, 1.807) is 6.20 Å². The van der Waals surface area contributed by atoms with Gasteiger partial charge < -0.3 is 15.0 Å². The quantitative estimate of drug-likeness (QED) is 0.691. The molecular formula is C19H17ClF2N4O. The topological polar surface area (TPSA) is 62.3 Å². The minimum Gasteiger partial charge on any atom is -0.450 e. The van der Waals surface area contributed by atoms with Gasteiger partial charge in [0.15, 0.2) is 17.4 Å². The van der Waals surface area contributed by atoms with Crippen molar-refractivity contribution in [2.75, 3.05) is 13.1 Å². The molecule has 1 aliphatic heterocycles. The molecule has 5 nitrogen and oxygen atoms in total. The van der Waals surface area contributed by atoms with Crippen LogP contribution in [0.1, 0.15) is 12.5 Å². The number of amidine groups is 1. The molecular weight excluding hydrogens is 374 g/mol. The number of rotatable bonds is 4. The van der Waals surface area contributed by atoms with Gasteiger partial charge >= 0.3 is 0 Å². The van der Waals surface area contributed by atoms with E-state index in [1.165, 1.54) is 24.4 Å². The van der Waals surface area contributed by atoms with Crippen molar-refractivity contribution in [2.45, 2.75) is 13.3 Å². The Morgan fingerprint density at radius 2 is 2.07 bits per heavy atom. The highest BCUT2D eigenvalue weighted by atomic mass is 35.5. The Labute approximate surface area is 159 Å². The molecule has 8 heteroatoms. The number of hydrogen-bond donors (Lipinski definition) is 2. The summed E-state index contributed by atoms with van der Waals surface area (Å²) in [6.07, 6.45) is 3.35. The van der Waals surface area contributed by atoms with Crippen molar-refractivity contribution in [3.05, 3.63) is 52.8 Å². The number of fused-ring (bicyclic) bond motifs is 1. The first-order valence-electron chi connectivity index (χ1n) is 8.56. The molecule has 1 aromatic carbocycles. The van der Waals surface area contributed by atoms with E-state index >= 15 is 0 Å². The highest BCUT2D eigenvalue weighted by molar-refractivity contribution is 6.36. The van der Waals surface area contributed by atoms with Crippen LogP contribution in [-0.2, 0) is 6.42 Å². The zero-order valence-corrected chi connectivity index (χ0v) is 15.3. The van der Waals surface area contributed by atoms with E-state index in [9.17, 15) is 8.78 Å². The van der Waals surface area contributed by atoms with E-state index in [2.05, 4.69) is 27.2 Å². The van der Waals surface area contributed by atoms with Crippen LogP contribution in [0.5, 0.6) is 11.5 Å². The van der Waals surface area contributed by atoms with E-state index in [0.717, 1.165) is 12.4 Å². The van der Waals surface area contributed by atoms with Crippen LogP contribution in [0.25, 0.3) is 11.0 Å². The second kappa shape index (κ2) is 7.15. The lowest BCUT2D eigenvalue weighted by atomic mass is 10.1. The lowest BCUT2D eigenvalue weighted by Crippen LogP contribution is -2.35. The molecule has 0 amide bonds. The normalized spacial score (nSPS) is 16.9. The fraction of sp³-hybridized carbons (Fsp3) is 0.263. The smallest absolute Gasteiger partial charge is 0.198 e. The fourth-order valence-electron chi connectivity index (χ4n) is 2.99. The third-order valence-electron chi connectivity index (χ3n) is 4.38. The van der Waals surface area contributed by atoms with Crippen molar-refractivity contribution >= 4 is 28.5 Å². The van der Waals surface area contributed by atoms with Gasteiger partial charge in [0.1, 0.15) is 17.2 Å². The maximum atomic E-state index is 14.6. The molecule has 27 heavy (non-hydrogen) atoms. The summed E-state index contributed by atoms with van der Waals surface area (Å²) in [6.45, 7) is 3.61. The average Bonchev–Trinajstić information content (AvgIpc) is 3.02. The van der Waals surface area contributed by atoms with Gasteiger partial charge in [-0.25, -0.2) is 13.8 Å². The molecule has 3 aromatic rings. The number of aliphatic imine (C=N–C) groups is 1. The minimum atomic E-state index is -0.786. The number of aromatic nitrogens is 2. The molecule has 1 aliphatic rings. The molecule has 3 heterocycles. The molecule has 0 fully saturated rings. The summed E-state index contributed by atoms with van der Waals surface area (Å²) in [7, 11) is 0. The lowest BCUT2D eigenvalue weighted by Gasteiger charge is -2.20. The number of halogens is 3. The number of hydrogen-bond acceptors (Lipinski definition) is 4. The second-order valence-electron chi connectivity index (χ2n) is 6.61. The van der Waals surface area contributed by atoms with Gasteiger partial charge in [0.05, 0.1) is 10.4 Å². The number of H-pyrrole nitrogens is 1. The number of benzene rings is 1. The molecule has 2 N–H and O–H groups in total. The Balaban J connectivity index is 1.61. The fourth-order valence-corrected chi connectivity index (χ4v) is 3.22. The third-order valence-corrected chi connectivity index (χ3v) is 4.68. The summed E-state index contributed by atoms with van der Waals surface area (Å²) >= 11 is 6.11. The van der Waals surface area contributed by atoms with Crippen molar-refractivity contribution < 1.29 is 13.5 Å². The number of pyridine rings is 1. The molecule has 0 aliphatic carbocycles. The maximum Gasteiger partial charge on any atom is 0.198 e. The lowest BCUT2D eigenvalue weighted by molar-refractivity contribution is 0.410. The highest BCUT2D eigenvalue weighted by Crippen LogP contribution is 2.36. The van der Waals surface area contributed by atoms with Crippen LogP contribution >= 0.6 is 11.6 Å². The predicted octanol–water partition coefficient (Wildman–Crippen LogP) is 4.47. The van der Waals surface area contributed by atoms with Gasteiger partial charge in [0, 0.05) is 31.9 Å². The Morgan fingerprint density at radius 1 is 1.30 bits per heavy atom. The molecule has 0 saturated carbocycles. The van der Waals surface area contributed by atoms with Crippen LogP contribution in [0.3, 0.4) is 0 Å². The Hall–Kier alpha value is -2.67.